The van der Waals surface area contributed by atoms with Crippen molar-refractivity contribution < 1.29 is 23.5 Å². The molecule has 2 aromatic rings. The number of likely N-dealkylation sites (tertiary alicyclic amines) is 1. The van der Waals surface area contributed by atoms with Gasteiger partial charge in [0.15, 0.2) is 11.5 Å². The highest BCUT2D eigenvalue weighted by atomic mass is 19.1. The maximum Gasteiger partial charge on any atom is 0.227 e. The Kier molecular flexibility index (Phi) is 6.70. The molecule has 0 atom stereocenters. The first-order chi connectivity index (χ1) is 15.1. The van der Waals surface area contributed by atoms with Crippen molar-refractivity contribution in [2.45, 2.75) is 32.1 Å². The van der Waals surface area contributed by atoms with E-state index in [0.29, 0.717) is 61.4 Å². The molecule has 2 aliphatic rings. The summed E-state index contributed by atoms with van der Waals surface area (Å²) in [6.45, 7) is 2.35. The first-order valence-electron chi connectivity index (χ1n) is 10.8. The normalized spacial score (nSPS) is 16.1. The van der Waals surface area contributed by atoms with Crippen molar-refractivity contribution in [2.75, 3.05) is 31.6 Å². The maximum atomic E-state index is 13.8. The highest BCUT2D eigenvalue weighted by molar-refractivity contribution is 5.91. The van der Waals surface area contributed by atoms with E-state index >= 15 is 0 Å². The summed E-state index contributed by atoms with van der Waals surface area (Å²) in [5.74, 6) is 1.34. The molecule has 0 unspecified atom stereocenters. The fraction of sp³-hybridized carbons (Fsp3) is 0.417. The lowest BCUT2D eigenvalue weighted by atomic mass is 9.91. The van der Waals surface area contributed by atoms with Crippen LogP contribution in [-0.4, -0.2) is 43.0 Å². The van der Waals surface area contributed by atoms with Crippen molar-refractivity contribution in [3.05, 3.63) is 53.8 Å². The van der Waals surface area contributed by atoms with Crippen LogP contribution >= 0.6 is 0 Å². The van der Waals surface area contributed by atoms with Gasteiger partial charge in [-0.3, -0.25) is 9.59 Å². The molecule has 7 heteroatoms. The number of halogens is 1. The lowest BCUT2D eigenvalue weighted by Gasteiger charge is -2.32. The lowest BCUT2D eigenvalue weighted by molar-refractivity contribution is -0.132. The summed E-state index contributed by atoms with van der Waals surface area (Å²) in [5, 5.41) is 2.92. The van der Waals surface area contributed by atoms with Gasteiger partial charge in [-0.05, 0) is 48.9 Å². The van der Waals surface area contributed by atoms with Crippen molar-refractivity contribution in [3.63, 3.8) is 0 Å². The van der Waals surface area contributed by atoms with E-state index in [1.165, 1.54) is 6.07 Å². The van der Waals surface area contributed by atoms with Gasteiger partial charge in [0.1, 0.15) is 19.0 Å². The fourth-order valence-electron chi connectivity index (χ4n) is 4.07. The molecule has 0 saturated carbocycles. The van der Waals surface area contributed by atoms with Crippen LogP contribution in [0.2, 0.25) is 0 Å². The number of amides is 2. The Hall–Kier alpha value is -3.09. The molecule has 1 N–H and O–H groups in total. The number of hydrogen-bond acceptors (Lipinski definition) is 4. The number of nitrogens with zero attached hydrogens (tertiary/aromatic N) is 1. The summed E-state index contributed by atoms with van der Waals surface area (Å²) in [6, 6.07) is 11.8. The SMILES string of the molecule is O=C(CCC1CCN(C(=O)Cc2ccccc2F)CC1)Nc1ccc2c(c1)OCCO2. The highest BCUT2D eigenvalue weighted by Gasteiger charge is 2.24. The number of carbonyl (C=O) groups is 2. The van der Waals surface area contributed by atoms with Crippen LogP contribution in [0.15, 0.2) is 42.5 Å². The molecule has 0 radical (unpaired) electrons. The van der Waals surface area contributed by atoms with E-state index in [-0.39, 0.29) is 24.1 Å². The average Bonchev–Trinajstić information content (AvgIpc) is 2.79. The third kappa shape index (κ3) is 5.54. The Morgan fingerprint density at radius 3 is 2.55 bits per heavy atom. The molecule has 2 amide bonds. The number of hydrogen-bond donors (Lipinski definition) is 1. The van der Waals surface area contributed by atoms with Crippen LogP contribution in [0.1, 0.15) is 31.2 Å². The van der Waals surface area contributed by atoms with Crippen LogP contribution in [-0.2, 0) is 16.0 Å². The molecule has 4 rings (SSSR count). The Labute approximate surface area is 181 Å². The summed E-state index contributed by atoms with van der Waals surface area (Å²) < 4.78 is 24.8. The van der Waals surface area contributed by atoms with E-state index in [0.717, 1.165) is 19.3 Å². The van der Waals surface area contributed by atoms with Gasteiger partial charge in [-0.15, -0.1) is 0 Å². The topological polar surface area (TPSA) is 67.9 Å². The first-order valence-corrected chi connectivity index (χ1v) is 10.8. The zero-order valence-electron chi connectivity index (χ0n) is 17.4. The number of carbonyl (C=O) groups excluding carboxylic acids is 2. The summed E-state index contributed by atoms with van der Waals surface area (Å²) in [6.07, 6.45) is 3.03. The molecular formula is C24H27FN2O4. The van der Waals surface area contributed by atoms with Gasteiger partial charge in [0.2, 0.25) is 11.8 Å². The number of ether oxygens (including phenoxy) is 2. The van der Waals surface area contributed by atoms with Crippen molar-refractivity contribution in [2.24, 2.45) is 5.92 Å². The van der Waals surface area contributed by atoms with Crippen LogP contribution in [0.3, 0.4) is 0 Å². The van der Waals surface area contributed by atoms with Crippen molar-refractivity contribution in [1.82, 2.24) is 4.90 Å². The van der Waals surface area contributed by atoms with Gasteiger partial charge in [-0.2, -0.15) is 0 Å². The molecule has 0 spiro atoms. The molecule has 0 aromatic heterocycles. The lowest BCUT2D eigenvalue weighted by Crippen LogP contribution is -2.39. The van der Waals surface area contributed by atoms with Gasteiger partial charge in [0, 0.05) is 31.3 Å². The number of fused-ring (bicyclic) bond motifs is 1. The summed E-state index contributed by atoms with van der Waals surface area (Å²) in [4.78, 5) is 26.6. The minimum Gasteiger partial charge on any atom is -0.486 e. The summed E-state index contributed by atoms with van der Waals surface area (Å²) in [7, 11) is 0. The first kappa shape index (κ1) is 21.2. The quantitative estimate of drug-likeness (QED) is 0.763. The third-order valence-electron chi connectivity index (χ3n) is 5.87. The third-order valence-corrected chi connectivity index (χ3v) is 5.87. The molecule has 164 valence electrons. The van der Waals surface area contributed by atoms with Crippen molar-refractivity contribution in [3.8, 4) is 11.5 Å². The second kappa shape index (κ2) is 9.81. The van der Waals surface area contributed by atoms with Crippen LogP contribution in [0.5, 0.6) is 11.5 Å². The van der Waals surface area contributed by atoms with E-state index in [1.807, 2.05) is 6.07 Å². The molecule has 0 aliphatic carbocycles. The smallest absolute Gasteiger partial charge is 0.227 e. The minimum absolute atomic E-state index is 0.0327. The Bertz CT molecular complexity index is 941. The van der Waals surface area contributed by atoms with Crippen LogP contribution < -0.4 is 14.8 Å². The molecule has 31 heavy (non-hydrogen) atoms. The maximum absolute atomic E-state index is 13.8. The number of rotatable bonds is 6. The monoisotopic (exact) mass is 426 g/mol. The number of piperidine rings is 1. The van der Waals surface area contributed by atoms with Crippen molar-refractivity contribution in [1.29, 1.82) is 0 Å². The standard InChI is InChI=1S/C24H27FN2O4/c25-20-4-2-1-3-18(20)15-24(29)27-11-9-17(10-12-27)5-8-23(28)26-19-6-7-21-22(16-19)31-14-13-30-21/h1-4,6-7,16-17H,5,8-15H2,(H,26,28). The van der Waals surface area contributed by atoms with Crippen LogP contribution in [0, 0.1) is 11.7 Å². The molecule has 2 aliphatic heterocycles. The van der Waals surface area contributed by atoms with Crippen LogP contribution in [0.4, 0.5) is 10.1 Å². The van der Waals surface area contributed by atoms with Gasteiger partial charge in [-0.1, -0.05) is 18.2 Å². The zero-order valence-corrected chi connectivity index (χ0v) is 17.4. The van der Waals surface area contributed by atoms with Gasteiger partial charge in [0.25, 0.3) is 0 Å². The second-order valence-corrected chi connectivity index (χ2v) is 8.04. The molecular weight excluding hydrogens is 399 g/mol. The van der Waals surface area contributed by atoms with Crippen molar-refractivity contribution >= 4 is 17.5 Å². The van der Waals surface area contributed by atoms with Gasteiger partial charge in [0.05, 0.1) is 6.42 Å². The minimum atomic E-state index is -0.338. The van der Waals surface area contributed by atoms with Gasteiger partial charge in [-0.25, -0.2) is 4.39 Å². The molecule has 1 saturated heterocycles. The average molecular weight is 426 g/mol. The van der Waals surface area contributed by atoms with Crippen LogP contribution in [0.25, 0.3) is 0 Å². The predicted octanol–water partition coefficient (Wildman–Crippen LogP) is 3.80. The Balaban J connectivity index is 1.19. The van der Waals surface area contributed by atoms with Gasteiger partial charge < -0.3 is 19.7 Å². The zero-order chi connectivity index (χ0) is 21.6. The Morgan fingerprint density at radius 2 is 1.77 bits per heavy atom. The van der Waals surface area contributed by atoms with E-state index in [4.69, 9.17) is 9.47 Å². The second-order valence-electron chi connectivity index (χ2n) is 8.04. The van der Waals surface area contributed by atoms with E-state index in [2.05, 4.69) is 5.32 Å². The summed E-state index contributed by atoms with van der Waals surface area (Å²) in [5.41, 5.74) is 1.13. The molecule has 1 fully saturated rings. The highest BCUT2D eigenvalue weighted by Crippen LogP contribution is 2.32. The molecule has 6 nitrogen and oxygen atoms in total. The predicted molar refractivity (Wildman–Crippen MR) is 115 cm³/mol. The van der Waals surface area contributed by atoms with Gasteiger partial charge >= 0.3 is 0 Å². The summed E-state index contributed by atoms with van der Waals surface area (Å²) >= 11 is 0. The molecule has 2 aromatic carbocycles. The fourth-order valence-corrected chi connectivity index (χ4v) is 4.07. The largest absolute Gasteiger partial charge is 0.486 e. The van der Waals surface area contributed by atoms with E-state index < -0.39 is 0 Å². The Morgan fingerprint density at radius 1 is 1.03 bits per heavy atom. The number of benzene rings is 2. The molecule has 0 bridgehead atoms. The number of nitrogens with one attached hydrogen (secondary N) is 1. The molecule has 2 heterocycles. The van der Waals surface area contributed by atoms with E-state index in [9.17, 15) is 14.0 Å². The number of anilines is 1. The van der Waals surface area contributed by atoms with E-state index in [1.54, 1.807) is 35.2 Å².